The highest BCUT2D eigenvalue weighted by molar-refractivity contribution is 6.05. The van der Waals surface area contributed by atoms with Crippen LogP contribution in [0.5, 0.6) is 0 Å². The molecule has 3 aliphatic heterocycles. The van der Waals surface area contributed by atoms with Crippen molar-refractivity contribution in [3.05, 3.63) is 53.2 Å². The lowest BCUT2D eigenvalue weighted by Crippen LogP contribution is -2.52. The second kappa shape index (κ2) is 7.51. The molecule has 0 spiro atoms. The lowest BCUT2D eigenvalue weighted by molar-refractivity contribution is -0.136. The Hall–Kier alpha value is -3.52. The Morgan fingerprint density at radius 3 is 2.81 bits per heavy atom. The molecule has 2 saturated heterocycles. The van der Waals surface area contributed by atoms with Gasteiger partial charge in [0, 0.05) is 62.4 Å². The molecule has 1 N–H and O–H groups in total. The maximum Gasteiger partial charge on any atom is 0.255 e. The van der Waals surface area contributed by atoms with Crippen LogP contribution in [0.3, 0.4) is 0 Å². The summed E-state index contributed by atoms with van der Waals surface area (Å²) >= 11 is 0. The lowest BCUT2D eigenvalue weighted by Gasteiger charge is -2.33. The van der Waals surface area contributed by atoms with E-state index >= 15 is 0 Å². The highest BCUT2D eigenvalue weighted by Gasteiger charge is 2.65. The number of likely N-dealkylation sites (tertiary alicyclic amines) is 1. The molecular formula is C29H29N5O3. The van der Waals surface area contributed by atoms with E-state index in [9.17, 15) is 14.4 Å². The number of piperidine rings is 2. The number of fused-ring (bicyclic) bond motifs is 3. The van der Waals surface area contributed by atoms with Gasteiger partial charge in [0.2, 0.25) is 11.8 Å². The quantitative estimate of drug-likeness (QED) is 0.563. The molecule has 37 heavy (non-hydrogen) atoms. The molecule has 5 atom stereocenters. The van der Waals surface area contributed by atoms with Gasteiger partial charge in [-0.05, 0) is 71.9 Å². The first-order chi connectivity index (χ1) is 17.9. The fourth-order valence-corrected chi connectivity index (χ4v) is 7.66. The highest BCUT2D eigenvalue weighted by atomic mass is 16.2. The number of benzene rings is 1. The molecule has 4 unspecified atom stereocenters. The molecule has 188 valence electrons. The summed E-state index contributed by atoms with van der Waals surface area (Å²) in [5.41, 5.74) is 5.69. The molecule has 2 aromatic heterocycles. The van der Waals surface area contributed by atoms with E-state index in [-0.39, 0.29) is 24.1 Å². The molecule has 8 nitrogen and oxygen atoms in total. The van der Waals surface area contributed by atoms with Gasteiger partial charge in [0.1, 0.15) is 11.7 Å². The van der Waals surface area contributed by atoms with Crippen LogP contribution in [0.1, 0.15) is 40.7 Å². The number of hydrogen-bond acceptors (Lipinski definition) is 5. The van der Waals surface area contributed by atoms with Crippen LogP contribution >= 0.6 is 0 Å². The van der Waals surface area contributed by atoms with Crippen molar-refractivity contribution in [3.8, 4) is 11.3 Å². The number of imide groups is 1. The molecule has 4 fully saturated rings. The summed E-state index contributed by atoms with van der Waals surface area (Å²) in [6.45, 7) is 3.73. The molecule has 2 aliphatic carbocycles. The van der Waals surface area contributed by atoms with Crippen LogP contribution in [-0.2, 0) is 29.7 Å². The zero-order valence-electron chi connectivity index (χ0n) is 20.8. The minimum absolute atomic E-state index is 0.149. The van der Waals surface area contributed by atoms with Crippen molar-refractivity contribution in [1.29, 1.82) is 0 Å². The number of rotatable bonds is 4. The first kappa shape index (κ1) is 21.6. The molecule has 1 aromatic carbocycles. The average Bonchev–Trinajstić information content (AvgIpc) is 3.19. The molecule has 5 heterocycles. The number of hydrogen-bond donors (Lipinski definition) is 1. The fourth-order valence-electron chi connectivity index (χ4n) is 7.66. The molecular weight excluding hydrogens is 466 g/mol. The van der Waals surface area contributed by atoms with E-state index in [0.29, 0.717) is 18.5 Å². The zero-order chi connectivity index (χ0) is 25.0. The van der Waals surface area contributed by atoms with Crippen LogP contribution in [0.2, 0.25) is 0 Å². The van der Waals surface area contributed by atoms with Gasteiger partial charge in [-0.1, -0.05) is 6.07 Å². The summed E-state index contributed by atoms with van der Waals surface area (Å²) in [4.78, 5) is 46.4. The molecule has 8 heteroatoms. The van der Waals surface area contributed by atoms with E-state index in [1.54, 1.807) is 4.90 Å². The number of pyridine rings is 1. The van der Waals surface area contributed by atoms with Crippen molar-refractivity contribution in [2.24, 2.45) is 30.7 Å². The fraction of sp³-hybridized carbons (Fsp3) is 0.448. The monoisotopic (exact) mass is 495 g/mol. The van der Waals surface area contributed by atoms with E-state index in [1.807, 2.05) is 25.2 Å². The zero-order valence-corrected chi connectivity index (χ0v) is 20.8. The summed E-state index contributed by atoms with van der Waals surface area (Å²) in [5, 5.41) is 3.58. The third kappa shape index (κ3) is 3.18. The smallest absolute Gasteiger partial charge is 0.255 e. The van der Waals surface area contributed by atoms with Gasteiger partial charge in [0.15, 0.2) is 0 Å². The Morgan fingerprint density at radius 2 is 1.97 bits per heavy atom. The van der Waals surface area contributed by atoms with Crippen LogP contribution in [0, 0.1) is 23.7 Å². The van der Waals surface area contributed by atoms with Gasteiger partial charge in [-0.25, -0.2) is 4.98 Å². The third-order valence-corrected chi connectivity index (χ3v) is 9.62. The summed E-state index contributed by atoms with van der Waals surface area (Å²) in [6, 6.07) is 9.67. The Kier molecular flexibility index (Phi) is 4.37. The topological polar surface area (TPSA) is 87.5 Å². The normalized spacial score (nSPS) is 30.2. The van der Waals surface area contributed by atoms with Gasteiger partial charge >= 0.3 is 0 Å². The Labute approximate surface area is 214 Å². The van der Waals surface area contributed by atoms with Crippen LogP contribution in [0.25, 0.3) is 22.3 Å². The molecule has 3 aromatic rings. The number of nitrogens with one attached hydrogen (secondary N) is 1. The second-order valence-corrected chi connectivity index (χ2v) is 11.7. The van der Waals surface area contributed by atoms with Gasteiger partial charge in [0.25, 0.3) is 5.91 Å². The summed E-state index contributed by atoms with van der Waals surface area (Å²) < 4.78 is 2.08. The SMILES string of the molecule is Cn1ccc2c(CN3CC4C[C@H]5C(C3)C45)cc(-c3ccc4c(c3)CN(C3CCC(=O)NC3=O)C4=O)nc21. The van der Waals surface area contributed by atoms with Gasteiger partial charge in [-0.3, -0.25) is 24.6 Å². The Morgan fingerprint density at radius 1 is 1.08 bits per heavy atom. The average molecular weight is 496 g/mol. The summed E-state index contributed by atoms with van der Waals surface area (Å²) in [7, 11) is 2.03. The number of aryl methyl sites for hydroxylation is 1. The molecule has 5 aliphatic rings. The van der Waals surface area contributed by atoms with Crippen LogP contribution in [0.4, 0.5) is 0 Å². The van der Waals surface area contributed by atoms with Crippen molar-refractivity contribution in [3.63, 3.8) is 0 Å². The van der Waals surface area contributed by atoms with Crippen LogP contribution < -0.4 is 5.32 Å². The molecule has 3 amide bonds. The van der Waals surface area contributed by atoms with Crippen molar-refractivity contribution in [1.82, 2.24) is 24.7 Å². The Bertz CT molecular complexity index is 1520. The van der Waals surface area contributed by atoms with E-state index in [0.717, 1.165) is 52.7 Å². The van der Waals surface area contributed by atoms with E-state index in [4.69, 9.17) is 4.98 Å². The Balaban J connectivity index is 1.11. The second-order valence-electron chi connectivity index (χ2n) is 11.7. The van der Waals surface area contributed by atoms with Crippen molar-refractivity contribution >= 4 is 28.8 Å². The number of carbonyl (C=O) groups is 3. The predicted molar refractivity (Wildman–Crippen MR) is 136 cm³/mol. The van der Waals surface area contributed by atoms with Crippen molar-refractivity contribution < 1.29 is 14.4 Å². The van der Waals surface area contributed by atoms with Gasteiger partial charge in [-0.15, -0.1) is 0 Å². The number of aromatic nitrogens is 2. The first-order valence-corrected chi connectivity index (χ1v) is 13.4. The minimum atomic E-state index is -0.604. The van der Waals surface area contributed by atoms with E-state index in [2.05, 4.69) is 33.1 Å². The van der Waals surface area contributed by atoms with Crippen LogP contribution in [0.15, 0.2) is 36.5 Å². The van der Waals surface area contributed by atoms with Gasteiger partial charge < -0.3 is 9.47 Å². The highest BCUT2D eigenvalue weighted by Crippen LogP contribution is 2.67. The maximum absolute atomic E-state index is 13.1. The van der Waals surface area contributed by atoms with Crippen molar-refractivity contribution in [2.75, 3.05) is 13.1 Å². The largest absolute Gasteiger partial charge is 0.336 e. The van der Waals surface area contributed by atoms with Crippen LogP contribution in [-0.4, -0.2) is 56.2 Å². The summed E-state index contributed by atoms with van der Waals surface area (Å²) in [5.74, 6) is 3.05. The minimum Gasteiger partial charge on any atom is -0.336 e. The molecule has 8 rings (SSSR count). The van der Waals surface area contributed by atoms with Gasteiger partial charge in [-0.2, -0.15) is 0 Å². The maximum atomic E-state index is 13.1. The molecule has 2 saturated carbocycles. The number of carbonyl (C=O) groups excluding carboxylic acids is 3. The van der Waals surface area contributed by atoms with E-state index < -0.39 is 6.04 Å². The first-order valence-electron chi connectivity index (χ1n) is 13.4. The third-order valence-electron chi connectivity index (χ3n) is 9.62. The number of nitrogens with zero attached hydrogens (tertiary/aromatic N) is 4. The lowest BCUT2D eigenvalue weighted by atomic mass is 9.84. The number of amides is 3. The summed E-state index contributed by atoms with van der Waals surface area (Å²) in [6.07, 6.45) is 4.13. The van der Waals surface area contributed by atoms with E-state index in [1.165, 1.54) is 30.5 Å². The standard InChI is InChI=1S/C29H29N5O3/c1-32-7-6-19-17(11-33-12-18-9-21-22(14-33)26(18)21)10-23(30-27(19)32)15-2-3-20-16(8-15)13-34(29(20)37)24-4-5-25(35)31-28(24)36/h2-3,6-8,10,18,21-22,24,26H,4-5,9,11-14H2,1H3,(H,31,35,36)/t18?,21-,22?,24?,26?/m0/s1. The van der Waals surface area contributed by atoms with Crippen molar-refractivity contribution in [2.45, 2.75) is 38.4 Å². The molecule has 0 radical (unpaired) electrons. The molecule has 0 bridgehead atoms. The predicted octanol–water partition coefficient (Wildman–Crippen LogP) is 2.70. The van der Waals surface area contributed by atoms with Gasteiger partial charge in [0.05, 0.1) is 5.69 Å².